The molecule has 1 aromatic carbocycles. The maximum absolute atomic E-state index is 15.8. The van der Waals surface area contributed by atoms with E-state index in [9.17, 15) is 4.79 Å². The van der Waals surface area contributed by atoms with Gasteiger partial charge in [-0.15, -0.1) is 0 Å². The molecule has 0 atom stereocenters. The molecule has 9 nitrogen and oxygen atoms in total. The van der Waals surface area contributed by atoms with Crippen molar-refractivity contribution in [2.24, 2.45) is 0 Å². The van der Waals surface area contributed by atoms with E-state index in [1.54, 1.807) is 17.3 Å². The van der Waals surface area contributed by atoms with Crippen molar-refractivity contribution in [2.45, 2.75) is 50.9 Å². The van der Waals surface area contributed by atoms with Gasteiger partial charge in [-0.1, -0.05) is 11.6 Å². The van der Waals surface area contributed by atoms with Gasteiger partial charge in [0.1, 0.15) is 0 Å². The monoisotopic (exact) mass is 515 g/mol. The number of rotatable bonds is 6. The van der Waals surface area contributed by atoms with E-state index in [1.165, 1.54) is 0 Å². The van der Waals surface area contributed by atoms with E-state index in [4.69, 9.17) is 22.1 Å². The summed E-state index contributed by atoms with van der Waals surface area (Å²) in [7, 11) is 0. The molecule has 2 aliphatic rings. The Labute approximate surface area is 214 Å². The van der Waals surface area contributed by atoms with Gasteiger partial charge in [-0.2, -0.15) is 4.98 Å². The number of aromatic nitrogens is 4. The molecule has 2 fully saturated rings. The smallest absolute Gasteiger partial charge is 0.297 e. The number of likely N-dealkylation sites (tertiary alicyclic amines) is 2. The number of amides is 1. The van der Waals surface area contributed by atoms with Crippen LogP contribution in [0.3, 0.4) is 0 Å². The second-order valence-corrected chi connectivity index (χ2v) is 9.98. The summed E-state index contributed by atoms with van der Waals surface area (Å²) < 4.78 is 23.7. The van der Waals surface area contributed by atoms with Crippen LogP contribution in [0.5, 0.6) is 6.01 Å². The Morgan fingerprint density at radius 3 is 2.56 bits per heavy atom. The maximum Gasteiger partial charge on any atom is 0.297 e. The number of nitrogens with zero attached hydrogens (tertiary/aromatic N) is 6. The van der Waals surface area contributed by atoms with E-state index in [1.807, 2.05) is 25.1 Å². The lowest BCUT2D eigenvalue weighted by Gasteiger charge is -2.40. The molecule has 36 heavy (non-hydrogen) atoms. The predicted molar refractivity (Wildman–Crippen MR) is 136 cm³/mol. The van der Waals surface area contributed by atoms with Crippen molar-refractivity contribution in [1.29, 1.82) is 0 Å². The standard InChI is InChI=1S/C25H31ClFN7O2/c1-2-36-24-31-20-13-18(26)3-4-21(20)34(24)19-5-9-33(10-6-19)22(35)25(27)7-11-32(12-8-25)16-17-14-29-23(28)30-15-17/h3-4,13-15,19H,2,5-12,16H2,1H3,(H2,28,29,30). The number of fused-ring (bicyclic) bond motifs is 1. The highest BCUT2D eigenvalue weighted by Crippen LogP contribution is 2.35. The number of ether oxygens (including phenoxy) is 1. The summed E-state index contributed by atoms with van der Waals surface area (Å²) in [5.41, 5.74) is 6.37. The number of alkyl halides is 1. The molecule has 4 heterocycles. The number of imidazole rings is 1. The van der Waals surface area contributed by atoms with Gasteiger partial charge in [0.15, 0.2) is 5.67 Å². The minimum atomic E-state index is -1.82. The van der Waals surface area contributed by atoms with Crippen LogP contribution >= 0.6 is 11.6 Å². The number of nitrogen functional groups attached to an aromatic ring is 1. The molecule has 11 heteroatoms. The fourth-order valence-electron chi connectivity index (χ4n) is 5.23. The topological polar surface area (TPSA) is 102 Å². The Morgan fingerprint density at radius 2 is 1.89 bits per heavy atom. The summed E-state index contributed by atoms with van der Waals surface area (Å²) in [5, 5.41) is 0.622. The molecule has 2 aliphatic heterocycles. The van der Waals surface area contributed by atoms with E-state index >= 15 is 4.39 Å². The molecular weight excluding hydrogens is 485 g/mol. The lowest BCUT2D eigenvalue weighted by atomic mass is 9.90. The fraction of sp³-hybridized carbons (Fsp3) is 0.520. The van der Waals surface area contributed by atoms with Crippen LogP contribution in [0.15, 0.2) is 30.6 Å². The van der Waals surface area contributed by atoms with Crippen LogP contribution in [0, 0.1) is 0 Å². The van der Waals surface area contributed by atoms with E-state index in [-0.39, 0.29) is 30.7 Å². The summed E-state index contributed by atoms with van der Waals surface area (Å²) in [5.74, 6) is -0.155. The highest BCUT2D eigenvalue weighted by Gasteiger charge is 2.45. The predicted octanol–water partition coefficient (Wildman–Crippen LogP) is 3.63. The minimum absolute atomic E-state index is 0.112. The average molecular weight is 516 g/mol. The first-order valence-electron chi connectivity index (χ1n) is 12.4. The molecule has 0 radical (unpaired) electrons. The third-order valence-electron chi connectivity index (χ3n) is 7.17. The van der Waals surface area contributed by atoms with Crippen LogP contribution in [0.1, 0.15) is 44.2 Å². The van der Waals surface area contributed by atoms with Crippen molar-refractivity contribution in [3.8, 4) is 6.01 Å². The lowest BCUT2D eigenvalue weighted by Crippen LogP contribution is -2.53. The van der Waals surface area contributed by atoms with E-state index < -0.39 is 5.67 Å². The van der Waals surface area contributed by atoms with Crippen molar-refractivity contribution < 1.29 is 13.9 Å². The van der Waals surface area contributed by atoms with Crippen LogP contribution in [0.2, 0.25) is 5.02 Å². The highest BCUT2D eigenvalue weighted by molar-refractivity contribution is 6.31. The van der Waals surface area contributed by atoms with Crippen LogP contribution in [-0.2, 0) is 11.3 Å². The van der Waals surface area contributed by atoms with Crippen LogP contribution in [0.25, 0.3) is 11.0 Å². The zero-order chi connectivity index (χ0) is 25.3. The minimum Gasteiger partial charge on any atom is -0.465 e. The van der Waals surface area contributed by atoms with Gasteiger partial charge >= 0.3 is 0 Å². The lowest BCUT2D eigenvalue weighted by molar-refractivity contribution is -0.148. The Hall–Kier alpha value is -2.98. The van der Waals surface area contributed by atoms with Gasteiger partial charge in [-0.3, -0.25) is 14.3 Å². The molecule has 3 aromatic rings. The number of hydrogen-bond acceptors (Lipinski definition) is 7. The first-order valence-corrected chi connectivity index (χ1v) is 12.8. The molecule has 2 aromatic heterocycles. The zero-order valence-electron chi connectivity index (χ0n) is 20.4. The Kier molecular flexibility index (Phi) is 6.98. The van der Waals surface area contributed by atoms with Crippen molar-refractivity contribution in [3.05, 3.63) is 41.2 Å². The molecule has 1 amide bonds. The number of hydrogen-bond donors (Lipinski definition) is 1. The van der Waals surface area contributed by atoms with Crippen LogP contribution in [-0.4, -0.2) is 73.7 Å². The average Bonchev–Trinajstić information content (AvgIpc) is 3.23. The third-order valence-corrected chi connectivity index (χ3v) is 7.41. The summed E-state index contributed by atoms with van der Waals surface area (Å²) in [6, 6.07) is 6.29. The van der Waals surface area contributed by atoms with Crippen molar-refractivity contribution in [3.63, 3.8) is 0 Å². The second-order valence-electron chi connectivity index (χ2n) is 9.54. The largest absolute Gasteiger partial charge is 0.465 e. The molecule has 0 spiro atoms. The van der Waals surface area contributed by atoms with E-state index in [2.05, 4.69) is 24.4 Å². The van der Waals surface area contributed by atoms with Crippen molar-refractivity contribution in [1.82, 2.24) is 29.3 Å². The zero-order valence-corrected chi connectivity index (χ0v) is 21.1. The van der Waals surface area contributed by atoms with Crippen LogP contribution < -0.4 is 10.5 Å². The summed E-state index contributed by atoms with van der Waals surface area (Å²) in [4.78, 5) is 29.7. The first kappa shape index (κ1) is 24.7. The van der Waals surface area contributed by atoms with Gasteiger partial charge in [0.2, 0.25) is 5.95 Å². The third kappa shape index (κ3) is 4.97. The Bertz CT molecular complexity index is 1220. The van der Waals surface area contributed by atoms with Gasteiger partial charge in [-0.05, 0) is 38.0 Å². The van der Waals surface area contributed by atoms with E-state index in [0.717, 1.165) is 16.6 Å². The number of nitrogens with two attached hydrogens (primary N) is 1. The summed E-state index contributed by atoms with van der Waals surface area (Å²) in [6.45, 7) is 5.05. The summed E-state index contributed by atoms with van der Waals surface area (Å²) >= 11 is 6.16. The van der Waals surface area contributed by atoms with E-state index in [0.29, 0.717) is 63.2 Å². The highest BCUT2D eigenvalue weighted by atomic mass is 35.5. The van der Waals surface area contributed by atoms with Gasteiger partial charge in [0.05, 0.1) is 17.6 Å². The Morgan fingerprint density at radius 1 is 1.19 bits per heavy atom. The normalized spacial score (nSPS) is 19.0. The fourth-order valence-corrected chi connectivity index (χ4v) is 5.39. The SMILES string of the molecule is CCOc1nc2cc(Cl)ccc2n1C1CCN(C(=O)C2(F)CCN(Cc3cnc(N)nc3)CC2)CC1. The molecule has 0 saturated carbocycles. The quantitative estimate of drug-likeness (QED) is 0.534. The Balaban J connectivity index is 1.20. The molecule has 0 bridgehead atoms. The first-order chi connectivity index (χ1) is 17.4. The molecule has 2 saturated heterocycles. The van der Waals surface area contributed by atoms with Crippen molar-refractivity contribution >= 4 is 34.5 Å². The molecular formula is C25H31ClFN7O2. The molecule has 5 rings (SSSR count). The number of anilines is 1. The molecule has 0 unspecified atom stereocenters. The molecule has 2 N–H and O–H groups in total. The second kappa shape index (κ2) is 10.2. The number of piperidine rings is 2. The van der Waals surface area contributed by atoms with Gasteiger partial charge in [-0.25, -0.2) is 14.4 Å². The number of carbonyl (C=O) groups is 1. The van der Waals surface area contributed by atoms with Crippen LogP contribution in [0.4, 0.5) is 10.3 Å². The molecule has 192 valence electrons. The number of carbonyl (C=O) groups excluding carboxylic acids is 1. The van der Waals surface area contributed by atoms with Crippen molar-refractivity contribution in [2.75, 3.05) is 38.5 Å². The van der Waals surface area contributed by atoms with Gasteiger partial charge < -0.3 is 15.4 Å². The number of benzene rings is 1. The summed E-state index contributed by atoms with van der Waals surface area (Å²) in [6.07, 6.45) is 5.15. The van der Waals surface area contributed by atoms with Gasteiger partial charge in [0.25, 0.3) is 11.9 Å². The van der Waals surface area contributed by atoms with Gasteiger partial charge in [0, 0.05) is 74.6 Å². The molecule has 0 aliphatic carbocycles. The maximum atomic E-state index is 15.8. The number of halogens is 2.